The molecular formula is C18H24N4O3. The summed E-state index contributed by atoms with van der Waals surface area (Å²) in [5.74, 6) is 1.03. The van der Waals surface area contributed by atoms with Gasteiger partial charge in [-0.2, -0.15) is 4.98 Å². The molecule has 2 aromatic rings. The van der Waals surface area contributed by atoms with E-state index in [9.17, 15) is 4.79 Å². The fourth-order valence-electron chi connectivity index (χ4n) is 2.85. The molecule has 1 aromatic heterocycles. The van der Waals surface area contributed by atoms with Crippen LogP contribution in [0.15, 0.2) is 34.9 Å². The summed E-state index contributed by atoms with van der Waals surface area (Å²) >= 11 is 0. The number of ether oxygens (including phenoxy) is 1. The van der Waals surface area contributed by atoms with Crippen LogP contribution in [0.2, 0.25) is 0 Å². The Bertz CT molecular complexity index is 668. The number of hydrogen-bond donors (Lipinski definition) is 1. The Morgan fingerprint density at radius 2 is 2.04 bits per heavy atom. The summed E-state index contributed by atoms with van der Waals surface area (Å²) in [6.45, 7) is 6.24. The second-order valence-electron chi connectivity index (χ2n) is 6.26. The van der Waals surface area contributed by atoms with Gasteiger partial charge in [-0.05, 0) is 6.92 Å². The zero-order valence-electron chi connectivity index (χ0n) is 14.5. The molecule has 2 heterocycles. The van der Waals surface area contributed by atoms with Crippen molar-refractivity contribution in [3.05, 3.63) is 36.2 Å². The lowest BCUT2D eigenvalue weighted by atomic mass is 10.2. The highest BCUT2D eigenvalue weighted by atomic mass is 16.5. The lowest BCUT2D eigenvalue weighted by Gasteiger charge is -2.29. The van der Waals surface area contributed by atoms with Gasteiger partial charge in [-0.1, -0.05) is 35.5 Å². The number of amides is 1. The first-order valence-corrected chi connectivity index (χ1v) is 8.68. The zero-order valence-corrected chi connectivity index (χ0v) is 14.5. The van der Waals surface area contributed by atoms with Crippen LogP contribution in [-0.4, -0.2) is 59.8 Å². The normalized spacial score (nSPS) is 16.5. The highest BCUT2D eigenvalue weighted by Crippen LogP contribution is 2.15. The van der Waals surface area contributed by atoms with E-state index in [0.717, 1.165) is 38.4 Å². The first-order chi connectivity index (χ1) is 12.2. The minimum absolute atomic E-state index is 0.000204. The Hall–Kier alpha value is -2.25. The second-order valence-corrected chi connectivity index (χ2v) is 6.26. The zero-order chi connectivity index (χ0) is 17.5. The van der Waals surface area contributed by atoms with Crippen molar-refractivity contribution in [1.29, 1.82) is 0 Å². The first-order valence-electron chi connectivity index (χ1n) is 8.68. The van der Waals surface area contributed by atoms with Crippen molar-refractivity contribution in [2.45, 2.75) is 25.8 Å². The highest BCUT2D eigenvalue weighted by molar-refractivity contribution is 5.76. The number of carbonyl (C=O) groups excluding carboxylic acids is 1. The Kier molecular flexibility index (Phi) is 6.14. The Balaban J connectivity index is 1.42. The van der Waals surface area contributed by atoms with E-state index in [1.54, 1.807) is 0 Å². The molecule has 0 radical (unpaired) electrons. The lowest BCUT2D eigenvalue weighted by Crippen LogP contribution is -2.46. The van der Waals surface area contributed by atoms with Crippen LogP contribution in [0, 0.1) is 0 Å². The number of carbonyl (C=O) groups is 1. The number of aryl methyl sites for hydroxylation is 1. The summed E-state index contributed by atoms with van der Waals surface area (Å²) in [4.78, 5) is 18.8. The van der Waals surface area contributed by atoms with Crippen molar-refractivity contribution in [1.82, 2.24) is 20.4 Å². The van der Waals surface area contributed by atoms with Crippen LogP contribution < -0.4 is 5.32 Å². The van der Waals surface area contributed by atoms with Gasteiger partial charge < -0.3 is 14.6 Å². The van der Waals surface area contributed by atoms with Crippen LogP contribution in [0.25, 0.3) is 11.4 Å². The van der Waals surface area contributed by atoms with Gasteiger partial charge in [0.05, 0.1) is 13.2 Å². The summed E-state index contributed by atoms with van der Waals surface area (Å²) in [7, 11) is 0. The van der Waals surface area contributed by atoms with Crippen molar-refractivity contribution in [2.75, 3.05) is 32.8 Å². The molecule has 1 unspecified atom stereocenters. The smallest absolute Gasteiger partial charge is 0.227 e. The molecule has 0 spiro atoms. The number of nitrogens with zero attached hydrogens (tertiary/aromatic N) is 3. The summed E-state index contributed by atoms with van der Waals surface area (Å²) in [5, 5.41) is 6.99. The average Bonchev–Trinajstić information content (AvgIpc) is 3.10. The van der Waals surface area contributed by atoms with Crippen LogP contribution in [0.3, 0.4) is 0 Å². The average molecular weight is 344 g/mol. The molecule has 7 heteroatoms. The van der Waals surface area contributed by atoms with Crippen LogP contribution in [0.5, 0.6) is 0 Å². The molecule has 1 amide bonds. The maximum Gasteiger partial charge on any atom is 0.227 e. The van der Waals surface area contributed by atoms with Crippen LogP contribution in [-0.2, 0) is 16.0 Å². The molecule has 1 saturated heterocycles. The monoisotopic (exact) mass is 344 g/mol. The van der Waals surface area contributed by atoms with E-state index < -0.39 is 0 Å². The summed E-state index contributed by atoms with van der Waals surface area (Å²) in [6, 6.07) is 9.74. The van der Waals surface area contributed by atoms with E-state index in [0.29, 0.717) is 24.6 Å². The maximum atomic E-state index is 12.1. The van der Waals surface area contributed by atoms with Gasteiger partial charge in [0.1, 0.15) is 0 Å². The SMILES string of the molecule is CC(CN1CCOCC1)NC(=O)CCc1nc(-c2ccccc2)no1. The standard InChI is InChI=1S/C18H24N4O3/c1-14(13-22-9-11-24-12-10-22)19-16(23)7-8-17-20-18(21-25-17)15-5-3-2-4-6-15/h2-6,14H,7-13H2,1H3,(H,19,23). The quantitative estimate of drug-likeness (QED) is 0.820. The van der Waals surface area contributed by atoms with Gasteiger partial charge in [0.25, 0.3) is 0 Å². The van der Waals surface area contributed by atoms with Crippen molar-refractivity contribution in [3.8, 4) is 11.4 Å². The summed E-state index contributed by atoms with van der Waals surface area (Å²) in [5.41, 5.74) is 0.904. The van der Waals surface area contributed by atoms with Gasteiger partial charge in [0.2, 0.25) is 17.6 Å². The predicted octanol–water partition coefficient (Wildman–Crippen LogP) is 1.51. The van der Waals surface area contributed by atoms with Gasteiger partial charge in [-0.3, -0.25) is 9.69 Å². The third-order valence-electron chi connectivity index (χ3n) is 4.11. The highest BCUT2D eigenvalue weighted by Gasteiger charge is 2.16. The van der Waals surface area contributed by atoms with Gasteiger partial charge in [-0.25, -0.2) is 0 Å². The molecule has 1 aromatic carbocycles. The van der Waals surface area contributed by atoms with Gasteiger partial charge in [0.15, 0.2) is 0 Å². The van der Waals surface area contributed by atoms with Crippen LogP contribution >= 0.6 is 0 Å². The molecule has 0 bridgehead atoms. The topological polar surface area (TPSA) is 80.5 Å². The number of aromatic nitrogens is 2. The van der Waals surface area contributed by atoms with E-state index in [4.69, 9.17) is 9.26 Å². The van der Waals surface area contributed by atoms with E-state index in [2.05, 4.69) is 20.4 Å². The summed E-state index contributed by atoms with van der Waals surface area (Å²) < 4.78 is 10.6. The Morgan fingerprint density at radius 3 is 2.80 bits per heavy atom. The molecule has 134 valence electrons. The molecule has 1 aliphatic rings. The molecule has 1 N–H and O–H groups in total. The number of benzene rings is 1. The largest absolute Gasteiger partial charge is 0.379 e. The summed E-state index contributed by atoms with van der Waals surface area (Å²) in [6.07, 6.45) is 0.778. The number of hydrogen-bond acceptors (Lipinski definition) is 6. The van der Waals surface area contributed by atoms with Crippen molar-refractivity contribution >= 4 is 5.91 Å². The number of nitrogens with one attached hydrogen (secondary N) is 1. The molecular weight excluding hydrogens is 320 g/mol. The third kappa shape index (κ3) is 5.37. The van der Waals surface area contributed by atoms with Crippen molar-refractivity contribution in [2.24, 2.45) is 0 Å². The number of morpholine rings is 1. The van der Waals surface area contributed by atoms with Gasteiger partial charge >= 0.3 is 0 Å². The Labute approximate surface area is 147 Å². The minimum Gasteiger partial charge on any atom is -0.379 e. The van der Waals surface area contributed by atoms with Gasteiger partial charge in [0, 0.05) is 44.1 Å². The van der Waals surface area contributed by atoms with E-state index in [-0.39, 0.29) is 11.9 Å². The predicted molar refractivity (Wildman–Crippen MR) is 92.9 cm³/mol. The second kappa shape index (κ2) is 8.73. The van der Waals surface area contributed by atoms with E-state index in [1.807, 2.05) is 37.3 Å². The van der Waals surface area contributed by atoms with E-state index >= 15 is 0 Å². The van der Waals surface area contributed by atoms with E-state index in [1.165, 1.54) is 0 Å². The molecule has 1 atom stereocenters. The molecule has 0 saturated carbocycles. The molecule has 3 rings (SSSR count). The van der Waals surface area contributed by atoms with Crippen LogP contribution in [0.1, 0.15) is 19.2 Å². The maximum absolute atomic E-state index is 12.1. The Morgan fingerprint density at radius 1 is 1.28 bits per heavy atom. The molecule has 1 aliphatic heterocycles. The fourth-order valence-corrected chi connectivity index (χ4v) is 2.85. The van der Waals surface area contributed by atoms with Crippen molar-refractivity contribution in [3.63, 3.8) is 0 Å². The first kappa shape index (κ1) is 17.6. The van der Waals surface area contributed by atoms with Crippen molar-refractivity contribution < 1.29 is 14.1 Å². The van der Waals surface area contributed by atoms with Crippen LogP contribution in [0.4, 0.5) is 0 Å². The third-order valence-corrected chi connectivity index (χ3v) is 4.11. The lowest BCUT2D eigenvalue weighted by molar-refractivity contribution is -0.121. The van der Waals surface area contributed by atoms with Gasteiger partial charge in [-0.15, -0.1) is 0 Å². The molecule has 7 nitrogen and oxygen atoms in total. The minimum atomic E-state index is 0.000204. The molecule has 1 fully saturated rings. The molecule has 25 heavy (non-hydrogen) atoms. The fraction of sp³-hybridized carbons (Fsp3) is 0.500. The number of rotatable bonds is 7. The molecule has 0 aliphatic carbocycles.